The number of nitrogens with zero attached hydrogens (tertiary/aromatic N) is 1. The quantitative estimate of drug-likeness (QED) is 0.387. The van der Waals surface area contributed by atoms with Gasteiger partial charge in [0.2, 0.25) is 0 Å². The minimum absolute atomic E-state index is 0.00182. The first-order valence-corrected chi connectivity index (χ1v) is 9.00. The fourth-order valence-electron chi connectivity index (χ4n) is 2.84. The summed E-state index contributed by atoms with van der Waals surface area (Å²) in [5.74, 6) is 0. The molecule has 0 spiro atoms. The first kappa shape index (κ1) is 15.1. The first-order chi connectivity index (χ1) is 11.2. The number of pyridine rings is 1. The Bertz CT molecular complexity index is 1040. The van der Waals surface area contributed by atoms with Gasteiger partial charge in [0.25, 0.3) is 0 Å². The average molecular weight is 479 g/mol. The molecule has 0 aliphatic rings. The van der Waals surface area contributed by atoms with Crippen molar-refractivity contribution in [3.05, 3.63) is 62.3 Å². The zero-order valence-electron chi connectivity index (χ0n) is 12.0. The van der Waals surface area contributed by atoms with Crippen LogP contribution in [0.3, 0.4) is 0 Å². The molecule has 23 heavy (non-hydrogen) atoms. The number of rotatable bonds is 2. The summed E-state index contributed by atoms with van der Waals surface area (Å²) in [5, 5.41) is 11.9. The fraction of sp³-hybridized carbons (Fsp3) is 0.0556. The number of benzene rings is 2. The number of hydrogen-bond acceptors (Lipinski definition) is 2. The van der Waals surface area contributed by atoms with Crippen molar-refractivity contribution in [3.8, 4) is 11.3 Å². The van der Waals surface area contributed by atoms with E-state index >= 15 is 0 Å². The molecule has 0 unspecified atom stereocenters. The third-order valence-electron chi connectivity index (χ3n) is 3.95. The van der Waals surface area contributed by atoms with Crippen LogP contribution in [0.4, 0.5) is 0 Å². The number of aromatic amines is 1. The van der Waals surface area contributed by atoms with Crippen molar-refractivity contribution in [1.82, 2.24) is 9.97 Å². The molecule has 3 nitrogen and oxygen atoms in total. The van der Waals surface area contributed by atoms with Gasteiger partial charge in [-0.05, 0) is 70.6 Å². The number of fused-ring (bicyclic) bond motifs is 2. The van der Waals surface area contributed by atoms with Gasteiger partial charge in [-0.2, -0.15) is 0 Å². The Morgan fingerprint density at radius 2 is 1.96 bits per heavy atom. The summed E-state index contributed by atoms with van der Waals surface area (Å²) < 4.78 is 2.17. The number of nitrogens with one attached hydrogen (secondary N) is 1. The van der Waals surface area contributed by atoms with Crippen LogP contribution >= 0.6 is 38.5 Å². The summed E-state index contributed by atoms with van der Waals surface area (Å²) in [7, 11) is 0. The van der Waals surface area contributed by atoms with Crippen molar-refractivity contribution in [2.45, 2.75) is 6.61 Å². The van der Waals surface area contributed by atoms with Crippen LogP contribution in [0.15, 0.2) is 53.1 Å². The molecule has 2 aromatic carbocycles. The van der Waals surface area contributed by atoms with Crippen LogP contribution in [0.5, 0.6) is 0 Å². The topological polar surface area (TPSA) is 48.9 Å². The number of aliphatic hydroxyl groups is 1. The van der Waals surface area contributed by atoms with E-state index in [9.17, 15) is 5.11 Å². The zero-order chi connectivity index (χ0) is 16.0. The Labute approximate surface area is 155 Å². The smallest absolute Gasteiger partial charge is 0.0734 e. The van der Waals surface area contributed by atoms with Gasteiger partial charge < -0.3 is 10.1 Å². The van der Waals surface area contributed by atoms with E-state index in [-0.39, 0.29) is 6.61 Å². The van der Waals surface area contributed by atoms with Crippen molar-refractivity contribution in [2.75, 3.05) is 0 Å². The second-order valence-corrected chi connectivity index (χ2v) is 7.54. The average Bonchev–Trinajstić information content (AvgIpc) is 2.97. The van der Waals surface area contributed by atoms with Crippen LogP contribution in [0.25, 0.3) is 33.1 Å². The highest BCUT2D eigenvalue weighted by molar-refractivity contribution is 14.1. The molecule has 0 saturated heterocycles. The maximum atomic E-state index is 9.76. The molecular weight excluding hydrogens is 467 g/mol. The van der Waals surface area contributed by atoms with Gasteiger partial charge in [-0.1, -0.05) is 15.9 Å². The van der Waals surface area contributed by atoms with E-state index in [1.165, 1.54) is 0 Å². The molecule has 114 valence electrons. The van der Waals surface area contributed by atoms with E-state index < -0.39 is 0 Å². The third kappa shape index (κ3) is 2.66. The van der Waals surface area contributed by atoms with E-state index in [2.05, 4.69) is 55.6 Å². The van der Waals surface area contributed by atoms with E-state index in [1.807, 2.05) is 36.5 Å². The molecule has 2 N–H and O–H groups in total. The maximum Gasteiger partial charge on any atom is 0.0734 e. The summed E-state index contributed by atoms with van der Waals surface area (Å²) in [6.07, 6.45) is 1.97. The normalized spacial score (nSPS) is 11.4. The van der Waals surface area contributed by atoms with Crippen molar-refractivity contribution < 1.29 is 5.11 Å². The summed E-state index contributed by atoms with van der Waals surface area (Å²) in [6, 6.07) is 14.2. The van der Waals surface area contributed by atoms with Gasteiger partial charge in [-0.3, -0.25) is 0 Å². The Kier molecular flexibility index (Phi) is 3.87. The number of halogens is 2. The monoisotopic (exact) mass is 478 g/mol. The highest BCUT2D eigenvalue weighted by Crippen LogP contribution is 2.32. The van der Waals surface area contributed by atoms with Gasteiger partial charge in [0, 0.05) is 36.1 Å². The molecule has 0 atom stereocenters. The van der Waals surface area contributed by atoms with Crippen molar-refractivity contribution >= 4 is 60.3 Å². The Balaban J connectivity index is 2.01. The highest BCUT2D eigenvalue weighted by Gasteiger charge is 2.12. The van der Waals surface area contributed by atoms with Crippen molar-refractivity contribution in [3.63, 3.8) is 0 Å². The van der Waals surface area contributed by atoms with Crippen LogP contribution in [0.2, 0.25) is 0 Å². The molecule has 0 fully saturated rings. The lowest BCUT2D eigenvalue weighted by Gasteiger charge is -2.08. The first-order valence-electron chi connectivity index (χ1n) is 7.13. The fourth-order valence-corrected chi connectivity index (χ4v) is 3.69. The highest BCUT2D eigenvalue weighted by atomic mass is 127. The van der Waals surface area contributed by atoms with Crippen LogP contribution < -0.4 is 0 Å². The van der Waals surface area contributed by atoms with Crippen LogP contribution in [0, 0.1) is 3.57 Å². The van der Waals surface area contributed by atoms with Gasteiger partial charge >= 0.3 is 0 Å². The van der Waals surface area contributed by atoms with E-state index in [1.54, 1.807) is 0 Å². The zero-order valence-corrected chi connectivity index (χ0v) is 15.7. The molecule has 2 heterocycles. The number of H-pyrrole nitrogens is 1. The van der Waals surface area contributed by atoms with Crippen molar-refractivity contribution in [2.24, 2.45) is 0 Å². The van der Waals surface area contributed by atoms with Gasteiger partial charge in [-0.15, -0.1) is 0 Å². The van der Waals surface area contributed by atoms with Gasteiger partial charge in [-0.25, -0.2) is 4.98 Å². The largest absolute Gasteiger partial charge is 0.392 e. The minimum Gasteiger partial charge on any atom is -0.392 e. The lowest BCUT2D eigenvalue weighted by Crippen LogP contribution is -1.93. The summed E-state index contributed by atoms with van der Waals surface area (Å²) in [4.78, 5) is 8.08. The molecule has 0 saturated carbocycles. The molecule has 4 aromatic rings. The Morgan fingerprint density at radius 3 is 2.78 bits per heavy atom. The molecule has 0 radical (unpaired) electrons. The maximum absolute atomic E-state index is 9.76. The Morgan fingerprint density at radius 1 is 1.09 bits per heavy atom. The lowest BCUT2D eigenvalue weighted by atomic mass is 10.0. The van der Waals surface area contributed by atoms with Gasteiger partial charge in [0.15, 0.2) is 0 Å². The molecule has 5 heteroatoms. The number of hydrogen-bond donors (Lipinski definition) is 2. The summed E-state index contributed by atoms with van der Waals surface area (Å²) in [6.45, 7) is -0.00182. The molecule has 0 aliphatic carbocycles. The van der Waals surface area contributed by atoms with Crippen molar-refractivity contribution in [1.29, 1.82) is 0 Å². The second kappa shape index (κ2) is 5.89. The molecule has 2 aromatic heterocycles. The molecule has 0 bridgehead atoms. The summed E-state index contributed by atoms with van der Waals surface area (Å²) in [5.41, 5.74) is 4.77. The van der Waals surface area contributed by atoms with Gasteiger partial charge in [0.05, 0.1) is 17.8 Å². The minimum atomic E-state index is -0.00182. The SMILES string of the molecule is OCc1cc(-c2c[nH]c3ccc(Br)cc23)nc2ccc(I)cc12. The number of aromatic nitrogens is 2. The van der Waals surface area contributed by atoms with E-state index in [0.717, 1.165) is 46.7 Å². The van der Waals surface area contributed by atoms with Crippen LogP contribution in [-0.2, 0) is 6.61 Å². The van der Waals surface area contributed by atoms with Gasteiger partial charge in [0.1, 0.15) is 0 Å². The standard InChI is InChI=1S/C18H12BrIN2O/c19-11-1-3-16-14(6-11)15(8-21-16)18-5-10(9-23)13-7-12(20)2-4-17(13)22-18/h1-8,21,23H,9H2. The summed E-state index contributed by atoms with van der Waals surface area (Å²) >= 11 is 5.80. The predicted octanol–water partition coefficient (Wildman–Crippen LogP) is 5.24. The van der Waals surface area contributed by atoms with E-state index in [4.69, 9.17) is 4.98 Å². The molecule has 4 rings (SSSR count). The molecular formula is C18H12BrIN2O. The second-order valence-electron chi connectivity index (χ2n) is 5.38. The lowest BCUT2D eigenvalue weighted by molar-refractivity contribution is 0.283. The van der Waals surface area contributed by atoms with Crippen LogP contribution in [0.1, 0.15) is 5.56 Å². The Hall–Kier alpha value is -1.44. The molecule has 0 amide bonds. The van der Waals surface area contributed by atoms with Crippen LogP contribution in [-0.4, -0.2) is 15.1 Å². The predicted molar refractivity (Wildman–Crippen MR) is 105 cm³/mol. The molecule has 0 aliphatic heterocycles. The third-order valence-corrected chi connectivity index (χ3v) is 5.11. The number of aliphatic hydroxyl groups excluding tert-OH is 1. The van der Waals surface area contributed by atoms with E-state index in [0.29, 0.717) is 0 Å².